The van der Waals surface area contributed by atoms with Crippen LogP contribution in [0.4, 0.5) is 0 Å². The Hall–Kier alpha value is -0.570. The van der Waals surface area contributed by atoms with Gasteiger partial charge in [0.25, 0.3) is 0 Å². The molecular weight excluding hydrogens is 246 g/mol. The molecule has 0 aliphatic carbocycles. The average molecular weight is 270 g/mol. The minimum atomic E-state index is 0.0812. The lowest BCUT2D eigenvalue weighted by Crippen LogP contribution is -2.29. The molecule has 0 amide bonds. The normalized spacial score (nSPS) is 12.9. The molecule has 0 radical (unpaired) electrons. The molecule has 1 N–H and O–H groups in total. The number of unbranched alkanes of at least 4 members (excludes halogenated alkanes) is 1. The summed E-state index contributed by atoms with van der Waals surface area (Å²) in [4.78, 5) is 0. The SMILES string of the molecule is CCCCOC(CNC(C)C)c1cccc(Cl)c1. The summed E-state index contributed by atoms with van der Waals surface area (Å²) in [6.45, 7) is 8.07. The van der Waals surface area contributed by atoms with E-state index in [0.717, 1.165) is 36.6 Å². The second-order valence-corrected chi connectivity index (χ2v) is 5.27. The van der Waals surface area contributed by atoms with E-state index in [1.807, 2.05) is 18.2 Å². The summed E-state index contributed by atoms with van der Waals surface area (Å²) in [5.74, 6) is 0. The number of hydrogen-bond donors (Lipinski definition) is 1. The molecule has 0 fully saturated rings. The van der Waals surface area contributed by atoms with Crippen LogP contribution in [0.1, 0.15) is 45.3 Å². The maximum absolute atomic E-state index is 6.04. The zero-order valence-electron chi connectivity index (χ0n) is 11.6. The fraction of sp³-hybridized carbons (Fsp3) is 0.600. The highest BCUT2D eigenvalue weighted by molar-refractivity contribution is 6.30. The van der Waals surface area contributed by atoms with Crippen molar-refractivity contribution in [1.29, 1.82) is 0 Å². The molecule has 0 aliphatic rings. The van der Waals surface area contributed by atoms with E-state index in [2.05, 4.69) is 32.2 Å². The number of benzene rings is 1. The van der Waals surface area contributed by atoms with E-state index in [4.69, 9.17) is 16.3 Å². The second kappa shape index (κ2) is 8.52. The smallest absolute Gasteiger partial charge is 0.0949 e. The highest BCUT2D eigenvalue weighted by atomic mass is 35.5. The highest BCUT2D eigenvalue weighted by Crippen LogP contribution is 2.21. The predicted molar refractivity (Wildman–Crippen MR) is 78.2 cm³/mol. The van der Waals surface area contributed by atoms with Crippen molar-refractivity contribution >= 4 is 11.6 Å². The fourth-order valence-electron chi connectivity index (χ4n) is 1.69. The Labute approximate surface area is 116 Å². The van der Waals surface area contributed by atoms with Gasteiger partial charge in [0, 0.05) is 24.2 Å². The van der Waals surface area contributed by atoms with Gasteiger partial charge in [-0.3, -0.25) is 0 Å². The van der Waals surface area contributed by atoms with Crippen LogP contribution in [0.5, 0.6) is 0 Å². The van der Waals surface area contributed by atoms with E-state index in [0.29, 0.717) is 6.04 Å². The summed E-state index contributed by atoms with van der Waals surface area (Å²) in [6.07, 6.45) is 2.33. The summed E-state index contributed by atoms with van der Waals surface area (Å²) in [5, 5.41) is 4.19. The molecule has 3 heteroatoms. The first-order chi connectivity index (χ1) is 8.63. The van der Waals surface area contributed by atoms with Gasteiger partial charge in [-0.15, -0.1) is 0 Å². The summed E-state index contributed by atoms with van der Waals surface area (Å²) in [6, 6.07) is 8.39. The molecule has 0 aromatic heterocycles. The Balaban J connectivity index is 2.63. The lowest BCUT2D eigenvalue weighted by molar-refractivity contribution is 0.0494. The largest absolute Gasteiger partial charge is 0.372 e. The zero-order valence-corrected chi connectivity index (χ0v) is 12.3. The van der Waals surface area contributed by atoms with E-state index in [1.54, 1.807) is 0 Å². The van der Waals surface area contributed by atoms with Crippen LogP contribution >= 0.6 is 11.6 Å². The molecule has 102 valence electrons. The molecular formula is C15H24ClNO. The molecule has 0 heterocycles. The van der Waals surface area contributed by atoms with E-state index in [1.165, 1.54) is 0 Å². The lowest BCUT2D eigenvalue weighted by atomic mass is 10.1. The molecule has 2 nitrogen and oxygen atoms in total. The minimum absolute atomic E-state index is 0.0812. The van der Waals surface area contributed by atoms with Crippen molar-refractivity contribution in [2.75, 3.05) is 13.2 Å². The maximum atomic E-state index is 6.04. The van der Waals surface area contributed by atoms with Crippen LogP contribution in [0.25, 0.3) is 0 Å². The van der Waals surface area contributed by atoms with Gasteiger partial charge < -0.3 is 10.1 Å². The summed E-state index contributed by atoms with van der Waals surface area (Å²) in [5.41, 5.74) is 1.15. The predicted octanol–water partition coefficient (Wildman–Crippen LogP) is 4.20. The van der Waals surface area contributed by atoms with Gasteiger partial charge in [0.2, 0.25) is 0 Å². The van der Waals surface area contributed by atoms with Gasteiger partial charge in [0.05, 0.1) is 6.10 Å². The molecule has 0 saturated carbocycles. The van der Waals surface area contributed by atoms with Gasteiger partial charge in [-0.25, -0.2) is 0 Å². The van der Waals surface area contributed by atoms with Gasteiger partial charge in [-0.1, -0.05) is 50.9 Å². The van der Waals surface area contributed by atoms with Crippen LogP contribution in [0.2, 0.25) is 5.02 Å². The summed E-state index contributed by atoms with van der Waals surface area (Å²) < 4.78 is 5.95. The van der Waals surface area contributed by atoms with E-state index in [-0.39, 0.29) is 6.10 Å². The third kappa shape index (κ3) is 5.85. The number of halogens is 1. The van der Waals surface area contributed by atoms with E-state index in [9.17, 15) is 0 Å². The van der Waals surface area contributed by atoms with Crippen molar-refractivity contribution in [2.45, 2.75) is 45.8 Å². The number of hydrogen-bond acceptors (Lipinski definition) is 2. The zero-order chi connectivity index (χ0) is 13.4. The average Bonchev–Trinajstić information content (AvgIpc) is 2.33. The number of nitrogens with one attached hydrogen (secondary N) is 1. The standard InChI is InChI=1S/C15H24ClNO/c1-4-5-9-18-15(11-17-12(2)3)13-7-6-8-14(16)10-13/h6-8,10,12,15,17H,4-5,9,11H2,1-3H3. The first-order valence-electron chi connectivity index (χ1n) is 6.74. The van der Waals surface area contributed by atoms with Crippen LogP contribution in [0.15, 0.2) is 24.3 Å². The van der Waals surface area contributed by atoms with Crippen molar-refractivity contribution in [3.05, 3.63) is 34.9 Å². The molecule has 1 unspecified atom stereocenters. The van der Waals surface area contributed by atoms with Gasteiger partial charge in [0.15, 0.2) is 0 Å². The summed E-state index contributed by atoms with van der Waals surface area (Å²) >= 11 is 6.04. The van der Waals surface area contributed by atoms with Gasteiger partial charge >= 0.3 is 0 Å². The molecule has 1 rings (SSSR count). The molecule has 0 saturated heterocycles. The molecule has 0 bridgehead atoms. The molecule has 0 spiro atoms. The lowest BCUT2D eigenvalue weighted by Gasteiger charge is -2.20. The molecule has 0 aliphatic heterocycles. The highest BCUT2D eigenvalue weighted by Gasteiger charge is 2.12. The second-order valence-electron chi connectivity index (χ2n) is 4.83. The van der Waals surface area contributed by atoms with Crippen LogP contribution in [-0.4, -0.2) is 19.2 Å². The van der Waals surface area contributed by atoms with Crippen molar-refractivity contribution in [3.63, 3.8) is 0 Å². The molecule has 18 heavy (non-hydrogen) atoms. The maximum Gasteiger partial charge on any atom is 0.0949 e. The summed E-state index contributed by atoms with van der Waals surface area (Å²) in [7, 11) is 0. The fourth-order valence-corrected chi connectivity index (χ4v) is 1.89. The Morgan fingerprint density at radius 2 is 2.11 bits per heavy atom. The van der Waals surface area contributed by atoms with Crippen molar-refractivity contribution < 1.29 is 4.74 Å². The molecule has 1 aromatic rings. The quantitative estimate of drug-likeness (QED) is 0.715. The van der Waals surface area contributed by atoms with Crippen molar-refractivity contribution in [2.24, 2.45) is 0 Å². The van der Waals surface area contributed by atoms with Gasteiger partial charge in [-0.05, 0) is 24.1 Å². The Morgan fingerprint density at radius 3 is 2.72 bits per heavy atom. The molecule has 1 aromatic carbocycles. The third-order valence-electron chi connectivity index (χ3n) is 2.75. The third-order valence-corrected chi connectivity index (χ3v) is 2.98. The van der Waals surface area contributed by atoms with Crippen LogP contribution < -0.4 is 5.32 Å². The van der Waals surface area contributed by atoms with E-state index >= 15 is 0 Å². The van der Waals surface area contributed by atoms with Crippen molar-refractivity contribution in [3.8, 4) is 0 Å². The van der Waals surface area contributed by atoms with Crippen LogP contribution in [0, 0.1) is 0 Å². The Bertz CT molecular complexity index is 341. The number of ether oxygens (including phenoxy) is 1. The molecule has 1 atom stereocenters. The Morgan fingerprint density at radius 1 is 1.33 bits per heavy atom. The topological polar surface area (TPSA) is 21.3 Å². The minimum Gasteiger partial charge on any atom is -0.372 e. The Kier molecular flexibility index (Phi) is 7.33. The first kappa shape index (κ1) is 15.5. The van der Waals surface area contributed by atoms with Gasteiger partial charge in [0.1, 0.15) is 0 Å². The monoisotopic (exact) mass is 269 g/mol. The van der Waals surface area contributed by atoms with Gasteiger partial charge in [-0.2, -0.15) is 0 Å². The first-order valence-corrected chi connectivity index (χ1v) is 7.11. The van der Waals surface area contributed by atoms with Crippen molar-refractivity contribution in [1.82, 2.24) is 5.32 Å². The van der Waals surface area contributed by atoms with Crippen LogP contribution in [0.3, 0.4) is 0 Å². The van der Waals surface area contributed by atoms with E-state index < -0.39 is 0 Å². The van der Waals surface area contributed by atoms with Crippen LogP contribution in [-0.2, 0) is 4.74 Å². The number of rotatable bonds is 8.